The summed E-state index contributed by atoms with van der Waals surface area (Å²) in [7, 11) is 0. The number of hydrazine groups is 1. The van der Waals surface area contributed by atoms with Crippen LogP contribution >= 0.6 is 28.3 Å². The Bertz CT molecular complexity index is 240. The lowest BCUT2D eigenvalue weighted by Crippen LogP contribution is -2.07. The molecule has 1 aromatic rings. The van der Waals surface area contributed by atoms with Crippen LogP contribution in [0, 0.1) is 6.92 Å². The summed E-state index contributed by atoms with van der Waals surface area (Å²) < 4.78 is 0.987. The maximum Gasteiger partial charge on any atom is 0.0629 e. The molecule has 0 fully saturated rings. The Morgan fingerprint density at radius 2 is 2.09 bits per heavy atom. The number of halogens is 2. The smallest absolute Gasteiger partial charge is 0.0629 e. The first-order valence-electron chi connectivity index (χ1n) is 2.97. The topological polar surface area (TPSA) is 38.0 Å². The SMILES string of the molecule is Cc1ccc(Br)c(NN)c1.Cl. The molecule has 0 heterocycles. The van der Waals surface area contributed by atoms with E-state index in [1.165, 1.54) is 5.56 Å². The van der Waals surface area contributed by atoms with Gasteiger partial charge < -0.3 is 5.43 Å². The molecule has 0 atom stereocenters. The molecule has 0 saturated carbocycles. The van der Waals surface area contributed by atoms with Crippen molar-refractivity contribution < 1.29 is 0 Å². The highest BCUT2D eigenvalue weighted by atomic mass is 79.9. The molecule has 1 aromatic carbocycles. The fourth-order valence-corrected chi connectivity index (χ4v) is 1.11. The number of rotatable bonds is 1. The molecule has 0 aliphatic rings. The Kier molecular flexibility index (Phi) is 4.49. The minimum atomic E-state index is 0. The van der Waals surface area contributed by atoms with E-state index in [1.54, 1.807) is 0 Å². The van der Waals surface area contributed by atoms with Crippen molar-refractivity contribution in [3.05, 3.63) is 28.2 Å². The predicted octanol–water partition coefficient (Wildman–Crippen LogP) is 2.46. The molecule has 0 spiro atoms. The van der Waals surface area contributed by atoms with Crippen molar-refractivity contribution in [2.45, 2.75) is 6.92 Å². The van der Waals surface area contributed by atoms with Crippen LogP contribution in [-0.4, -0.2) is 0 Å². The first-order chi connectivity index (χ1) is 4.74. The molecule has 0 aliphatic carbocycles. The number of aryl methyl sites for hydroxylation is 1. The summed E-state index contributed by atoms with van der Waals surface area (Å²) in [4.78, 5) is 0. The largest absolute Gasteiger partial charge is 0.323 e. The molecule has 0 amide bonds. The van der Waals surface area contributed by atoms with Crippen LogP contribution in [0.5, 0.6) is 0 Å². The van der Waals surface area contributed by atoms with Crippen molar-refractivity contribution in [2.75, 3.05) is 5.43 Å². The maximum atomic E-state index is 5.24. The minimum Gasteiger partial charge on any atom is -0.323 e. The van der Waals surface area contributed by atoms with Gasteiger partial charge in [-0.25, -0.2) is 0 Å². The van der Waals surface area contributed by atoms with Gasteiger partial charge in [-0.1, -0.05) is 6.07 Å². The molecule has 0 unspecified atom stereocenters. The number of benzene rings is 1. The van der Waals surface area contributed by atoms with E-state index in [4.69, 9.17) is 5.84 Å². The van der Waals surface area contributed by atoms with Crippen LogP contribution in [0.25, 0.3) is 0 Å². The van der Waals surface area contributed by atoms with E-state index in [9.17, 15) is 0 Å². The van der Waals surface area contributed by atoms with Crippen molar-refractivity contribution in [3.63, 3.8) is 0 Å². The monoisotopic (exact) mass is 236 g/mol. The zero-order valence-corrected chi connectivity index (χ0v) is 8.50. The van der Waals surface area contributed by atoms with Gasteiger partial charge in [0.25, 0.3) is 0 Å². The van der Waals surface area contributed by atoms with Crippen molar-refractivity contribution in [1.29, 1.82) is 0 Å². The fourth-order valence-electron chi connectivity index (χ4n) is 0.750. The van der Waals surface area contributed by atoms with Crippen LogP contribution in [0.3, 0.4) is 0 Å². The summed E-state index contributed by atoms with van der Waals surface area (Å²) in [5.74, 6) is 5.24. The van der Waals surface area contributed by atoms with Crippen LogP contribution in [0.4, 0.5) is 5.69 Å². The van der Waals surface area contributed by atoms with Gasteiger partial charge in [0.15, 0.2) is 0 Å². The standard InChI is InChI=1S/C7H9BrN2.ClH/c1-5-2-3-6(8)7(4-5)10-9;/h2-4,10H,9H2,1H3;1H. The van der Waals surface area contributed by atoms with Crippen LogP contribution in [0.2, 0.25) is 0 Å². The third kappa shape index (κ3) is 2.69. The molecule has 2 nitrogen and oxygen atoms in total. The second-order valence-electron chi connectivity index (χ2n) is 2.13. The van der Waals surface area contributed by atoms with E-state index >= 15 is 0 Å². The molecule has 0 aromatic heterocycles. The van der Waals surface area contributed by atoms with E-state index in [0.29, 0.717) is 0 Å². The number of nitrogens with one attached hydrogen (secondary N) is 1. The number of nitrogen functional groups attached to an aromatic ring is 1. The van der Waals surface area contributed by atoms with Gasteiger partial charge in [-0.05, 0) is 40.5 Å². The molecular formula is C7H10BrClN2. The highest BCUT2D eigenvalue weighted by molar-refractivity contribution is 9.10. The zero-order chi connectivity index (χ0) is 7.56. The van der Waals surface area contributed by atoms with Crippen molar-refractivity contribution in [1.82, 2.24) is 0 Å². The van der Waals surface area contributed by atoms with Gasteiger partial charge in [-0.2, -0.15) is 0 Å². The highest BCUT2D eigenvalue weighted by Gasteiger charge is 1.95. The zero-order valence-electron chi connectivity index (χ0n) is 6.10. The van der Waals surface area contributed by atoms with Crippen LogP contribution in [-0.2, 0) is 0 Å². The lowest BCUT2D eigenvalue weighted by atomic mass is 10.2. The Balaban J connectivity index is 0.000001000. The van der Waals surface area contributed by atoms with Crippen molar-refractivity contribution in [3.8, 4) is 0 Å². The number of anilines is 1. The summed E-state index contributed by atoms with van der Waals surface area (Å²) in [6.07, 6.45) is 0. The number of nitrogens with two attached hydrogens (primary N) is 1. The van der Waals surface area contributed by atoms with Gasteiger partial charge in [-0.3, -0.25) is 5.84 Å². The third-order valence-electron chi connectivity index (χ3n) is 1.28. The highest BCUT2D eigenvalue weighted by Crippen LogP contribution is 2.21. The van der Waals surface area contributed by atoms with Gasteiger partial charge in [0.05, 0.1) is 5.69 Å². The van der Waals surface area contributed by atoms with E-state index in [-0.39, 0.29) is 12.4 Å². The van der Waals surface area contributed by atoms with Crippen LogP contribution < -0.4 is 11.3 Å². The first-order valence-corrected chi connectivity index (χ1v) is 3.76. The second kappa shape index (κ2) is 4.59. The van der Waals surface area contributed by atoms with Gasteiger partial charge >= 0.3 is 0 Å². The van der Waals surface area contributed by atoms with E-state index in [1.807, 2.05) is 25.1 Å². The Labute approximate surface area is 80.7 Å². The quantitative estimate of drug-likeness (QED) is 0.582. The average Bonchev–Trinajstić information content (AvgIpc) is 1.94. The first kappa shape index (κ1) is 10.8. The third-order valence-corrected chi connectivity index (χ3v) is 1.97. The molecule has 11 heavy (non-hydrogen) atoms. The number of hydrogen-bond acceptors (Lipinski definition) is 2. The summed E-state index contributed by atoms with van der Waals surface area (Å²) in [6.45, 7) is 2.02. The molecule has 4 heteroatoms. The lowest BCUT2D eigenvalue weighted by molar-refractivity contribution is 1.32. The van der Waals surface area contributed by atoms with Crippen molar-refractivity contribution in [2.24, 2.45) is 5.84 Å². The lowest BCUT2D eigenvalue weighted by Gasteiger charge is -2.02. The molecule has 62 valence electrons. The van der Waals surface area contributed by atoms with E-state index in [0.717, 1.165) is 10.2 Å². The summed E-state index contributed by atoms with van der Waals surface area (Å²) in [5, 5.41) is 0. The summed E-state index contributed by atoms with van der Waals surface area (Å²) in [6, 6.07) is 5.96. The Morgan fingerprint density at radius 3 is 2.55 bits per heavy atom. The fraction of sp³-hybridized carbons (Fsp3) is 0.143. The van der Waals surface area contributed by atoms with Gasteiger partial charge in [0, 0.05) is 4.47 Å². The van der Waals surface area contributed by atoms with Gasteiger partial charge in [0.1, 0.15) is 0 Å². The summed E-state index contributed by atoms with van der Waals surface area (Å²) in [5.41, 5.74) is 4.70. The van der Waals surface area contributed by atoms with Crippen molar-refractivity contribution >= 4 is 34.0 Å². The maximum absolute atomic E-state index is 5.24. The van der Waals surface area contributed by atoms with Gasteiger partial charge in [-0.15, -0.1) is 12.4 Å². The Morgan fingerprint density at radius 1 is 1.45 bits per heavy atom. The number of hydrogen-bond donors (Lipinski definition) is 2. The van der Waals surface area contributed by atoms with Gasteiger partial charge in [0.2, 0.25) is 0 Å². The molecule has 1 rings (SSSR count). The Hall–Kier alpha value is -0.250. The molecule has 0 bridgehead atoms. The van der Waals surface area contributed by atoms with E-state index < -0.39 is 0 Å². The van der Waals surface area contributed by atoms with Crippen LogP contribution in [0.1, 0.15) is 5.56 Å². The average molecular weight is 238 g/mol. The normalized spacial score (nSPS) is 8.64. The minimum absolute atomic E-state index is 0. The second-order valence-corrected chi connectivity index (χ2v) is 2.98. The molecule has 3 N–H and O–H groups in total. The summed E-state index contributed by atoms with van der Waals surface area (Å²) >= 11 is 3.35. The molecule has 0 radical (unpaired) electrons. The predicted molar refractivity (Wildman–Crippen MR) is 53.9 cm³/mol. The molecular weight excluding hydrogens is 227 g/mol. The molecule has 0 aliphatic heterocycles. The molecule has 0 saturated heterocycles. The van der Waals surface area contributed by atoms with E-state index in [2.05, 4.69) is 21.4 Å². The van der Waals surface area contributed by atoms with Crippen LogP contribution in [0.15, 0.2) is 22.7 Å².